The van der Waals surface area contributed by atoms with Gasteiger partial charge in [0, 0.05) is 24.0 Å². The van der Waals surface area contributed by atoms with Gasteiger partial charge in [0.2, 0.25) is 0 Å². The quantitative estimate of drug-likeness (QED) is 0.692. The highest BCUT2D eigenvalue weighted by Crippen LogP contribution is 2.33. The Bertz CT molecular complexity index is 915. The van der Waals surface area contributed by atoms with Crippen molar-refractivity contribution in [2.24, 2.45) is 0 Å². The molecular weight excluding hydrogens is 427 g/mol. The van der Waals surface area contributed by atoms with Crippen molar-refractivity contribution in [3.05, 3.63) is 49.9 Å². The summed E-state index contributed by atoms with van der Waals surface area (Å²) in [5.41, 5.74) is 3.83. The molecule has 2 amide bonds. The second-order valence-corrected chi connectivity index (χ2v) is 8.75. The van der Waals surface area contributed by atoms with Crippen molar-refractivity contribution in [3.63, 3.8) is 0 Å². The molecule has 1 atom stereocenters. The molecule has 1 aromatic carbocycles. The number of hydrogen-bond acceptors (Lipinski definition) is 4. The van der Waals surface area contributed by atoms with Gasteiger partial charge in [-0.1, -0.05) is 35.2 Å². The first kappa shape index (κ1) is 21.9. The molecule has 8 heteroatoms. The van der Waals surface area contributed by atoms with Crippen LogP contribution in [-0.4, -0.2) is 54.0 Å². The maximum Gasteiger partial charge on any atom is 0.317 e. The number of hydrogen-bond donors (Lipinski definition) is 1. The maximum atomic E-state index is 12.7. The molecule has 1 saturated heterocycles. The third kappa shape index (κ3) is 5.43. The van der Waals surface area contributed by atoms with Gasteiger partial charge in [-0.05, 0) is 57.5 Å². The first-order chi connectivity index (χ1) is 13.9. The van der Waals surface area contributed by atoms with E-state index in [1.165, 1.54) is 11.3 Å². The fourth-order valence-corrected chi connectivity index (χ4v) is 4.35. The van der Waals surface area contributed by atoms with Crippen molar-refractivity contribution in [3.8, 4) is 11.8 Å². The Hall–Kier alpha value is -1.78. The molecule has 1 N–H and O–H groups in total. The average molecular weight is 451 g/mol. The highest BCUT2D eigenvalue weighted by atomic mass is 35.5. The number of amides is 2. The minimum atomic E-state index is -0.276. The van der Waals surface area contributed by atoms with Crippen molar-refractivity contribution in [1.82, 2.24) is 20.1 Å². The van der Waals surface area contributed by atoms with E-state index in [0.717, 1.165) is 31.5 Å². The lowest BCUT2D eigenvalue weighted by Gasteiger charge is -2.35. The van der Waals surface area contributed by atoms with Crippen molar-refractivity contribution < 1.29 is 4.79 Å². The summed E-state index contributed by atoms with van der Waals surface area (Å²) in [6.45, 7) is 3.91. The average Bonchev–Trinajstić information content (AvgIpc) is 3.22. The Kier molecular flexibility index (Phi) is 7.42. The van der Waals surface area contributed by atoms with Gasteiger partial charge in [0.15, 0.2) is 0 Å². The number of benzene rings is 1. The van der Waals surface area contributed by atoms with Gasteiger partial charge >= 0.3 is 6.03 Å². The second kappa shape index (κ2) is 9.82. The SMILES string of the molecule is C[C@H](NC(=O)N(C)C1CCN(C)CC1)c1ccc(C#Cc2cscn2)c(Cl)c1Cl. The predicted octanol–water partition coefficient (Wildman–Crippen LogP) is 4.65. The first-order valence-electron chi connectivity index (χ1n) is 9.46. The molecule has 5 nitrogen and oxygen atoms in total. The minimum Gasteiger partial charge on any atom is -0.331 e. The van der Waals surface area contributed by atoms with Crippen LogP contribution in [0.2, 0.25) is 10.0 Å². The molecule has 29 heavy (non-hydrogen) atoms. The number of urea groups is 1. The first-order valence-corrected chi connectivity index (χ1v) is 11.2. The predicted molar refractivity (Wildman–Crippen MR) is 120 cm³/mol. The van der Waals surface area contributed by atoms with E-state index in [1.54, 1.807) is 10.4 Å². The molecule has 2 heterocycles. The Morgan fingerprint density at radius 1 is 1.31 bits per heavy atom. The van der Waals surface area contributed by atoms with Crippen LogP contribution in [0.4, 0.5) is 4.79 Å². The number of likely N-dealkylation sites (tertiary alicyclic amines) is 1. The number of halogens is 2. The van der Waals surface area contributed by atoms with Crippen molar-refractivity contribution in [2.75, 3.05) is 27.2 Å². The molecule has 0 unspecified atom stereocenters. The zero-order valence-electron chi connectivity index (χ0n) is 16.7. The highest BCUT2D eigenvalue weighted by Gasteiger charge is 2.25. The smallest absolute Gasteiger partial charge is 0.317 e. The van der Waals surface area contributed by atoms with Crippen LogP contribution in [0.3, 0.4) is 0 Å². The lowest BCUT2D eigenvalue weighted by molar-refractivity contribution is 0.146. The molecule has 0 saturated carbocycles. The summed E-state index contributed by atoms with van der Waals surface area (Å²) in [5.74, 6) is 5.98. The zero-order chi connectivity index (χ0) is 21.0. The molecule has 0 spiro atoms. The lowest BCUT2D eigenvalue weighted by atomic mass is 10.0. The second-order valence-electron chi connectivity index (χ2n) is 7.27. The monoisotopic (exact) mass is 450 g/mol. The van der Waals surface area contributed by atoms with Gasteiger partial charge in [-0.25, -0.2) is 9.78 Å². The molecule has 1 fully saturated rings. The van der Waals surface area contributed by atoms with Crippen LogP contribution >= 0.6 is 34.5 Å². The molecule has 0 aliphatic carbocycles. The van der Waals surface area contributed by atoms with Crippen LogP contribution in [0.1, 0.15) is 42.6 Å². The number of carbonyl (C=O) groups is 1. The summed E-state index contributed by atoms with van der Waals surface area (Å²) in [6, 6.07) is 3.56. The molecule has 0 bridgehead atoms. The molecular formula is C21H24Cl2N4OS. The van der Waals surface area contributed by atoms with E-state index in [1.807, 2.05) is 31.5 Å². The van der Waals surface area contributed by atoms with Crippen molar-refractivity contribution in [2.45, 2.75) is 31.8 Å². The Labute approximate surface area is 186 Å². The van der Waals surface area contributed by atoms with E-state index in [0.29, 0.717) is 21.3 Å². The summed E-state index contributed by atoms with van der Waals surface area (Å²) < 4.78 is 0. The summed E-state index contributed by atoms with van der Waals surface area (Å²) in [4.78, 5) is 20.9. The number of nitrogens with one attached hydrogen (secondary N) is 1. The number of piperidine rings is 1. The van der Waals surface area contributed by atoms with Crippen LogP contribution < -0.4 is 5.32 Å². The number of aromatic nitrogens is 1. The van der Waals surface area contributed by atoms with Gasteiger partial charge in [0.05, 0.1) is 21.6 Å². The van der Waals surface area contributed by atoms with E-state index >= 15 is 0 Å². The fraction of sp³-hybridized carbons (Fsp3) is 0.429. The number of rotatable bonds is 3. The Balaban J connectivity index is 1.68. The van der Waals surface area contributed by atoms with E-state index in [-0.39, 0.29) is 18.1 Å². The van der Waals surface area contributed by atoms with Crippen molar-refractivity contribution in [1.29, 1.82) is 0 Å². The topological polar surface area (TPSA) is 48.5 Å². The third-order valence-corrected chi connectivity index (χ3v) is 6.72. The summed E-state index contributed by atoms with van der Waals surface area (Å²) in [7, 11) is 3.96. The van der Waals surface area contributed by atoms with Gasteiger partial charge in [0.25, 0.3) is 0 Å². The standard InChI is InChI=1S/C21H24Cl2N4OS/c1-14(25-21(28)27(3)17-8-10-26(2)11-9-17)18-7-5-15(19(22)20(18)23)4-6-16-12-29-13-24-16/h5,7,12-14,17H,8-11H2,1-3H3,(H,25,28)/t14-/m0/s1. The molecule has 1 aliphatic heterocycles. The van der Waals surface area contributed by atoms with Gasteiger partial charge in [-0.15, -0.1) is 11.3 Å². The van der Waals surface area contributed by atoms with Crippen LogP contribution in [0.5, 0.6) is 0 Å². The fourth-order valence-electron chi connectivity index (χ4n) is 3.31. The lowest BCUT2D eigenvalue weighted by Crippen LogP contribution is -2.48. The number of carbonyl (C=O) groups excluding carboxylic acids is 1. The molecule has 2 aromatic rings. The van der Waals surface area contributed by atoms with E-state index in [2.05, 4.69) is 34.1 Å². The van der Waals surface area contributed by atoms with Gasteiger partial charge in [-0.2, -0.15) is 0 Å². The van der Waals surface area contributed by atoms with E-state index in [4.69, 9.17) is 23.2 Å². The maximum absolute atomic E-state index is 12.7. The zero-order valence-corrected chi connectivity index (χ0v) is 19.0. The molecule has 3 rings (SSSR count). The summed E-state index contributed by atoms with van der Waals surface area (Å²) >= 11 is 14.4. The number of nitrogens with zero attached hydrogens (tertiary/aromatic N) is 3. The largest absolute Gasteiger partial charge is 0.331 e. The summed E-state index contributed by atoms with van der Waals surface area (Å²) in [6.07, 6.45) is 1.96. The summed E-state index contributed by atoms with van der Waals surface area (Å²) in [5, 5.41) is 5.70. The molecule has 1 aliphatic rings. The Morgan fingerprint density at radius 2 is 2.03 bits per heavy atom. The van der Waals surface area contributed by atoms with E-state index in [9.17, 15) is 4.79 Å². The third-order valence-electron chi connectivity index (χ3n) is 5.23. The van der Waals surface area contributed by atoms with Crippen molar-refractivity contribution >= 4 is 40.6 Å². The normalized spacial score (nSPS) is 16.0. The van der Waals surface area contributed by atoms with Crippen LogP contribution in [0, 0.1) is 11.8 Å². The van der Waals surface area contributed by atoms with E-state index < -0.39 is 0 Å². The van der Waals surface area contributed by atoms with Crippen LogP contribution in [0.25, 0.3) is 0 Å². The highest BCUT2D eigenvalue weighted by molar-refractivity contribution is 7.07. The molecule has 154 valence electrons. The van der Waals surface area contributed by atoms with Crippen LogP contribution in [-0.2, 0) is 0 Å². The van der Waals surface area contributed by atoms with Crippen LogP contribution in [0.15, 0.2) is 23.0 Å². The van der Waals surface area contributed by atoms with Gasteiger partial charge in [-0.3, -0.25) is 0 Å². The minimum absolute atomic E-state index is 0.105. The Morgan fingerprint density at radius 3 is 2.69 bits per heavy atom. The number of thiazole rings is 1. The van der Waals surface area contributed by atoms with Gasteiger partial charge in [0.1, 0.15) is 5.69 Å². The van der Waals surface area contributed by atoms with Gasteiger partial charge < -0.3 is 15.1 Å². The molecule has 0 radical (unpaired) electrons. The molecule has 1 aromatic heterocycles.